The van der Waals surface area contributed by atoms with Crippen LogP contribution in [0.15, 0.2) is 35.3 Å². The van der Waals surface area contributed by atoms with Crippen molar-refractivity contribution >= 4 is 5.84 Å². The van der Waals surface area contributed by atoms with Crippen LogP contribution in [0, 0.1) is 0 Å². The molecule has 1 aromatic carbocycles. The summed E-state index contributed by atoms with van der Waals surface area (Å²) < 4.78 is 0. The Morgan fingerprint density at radius 2 is 2.13 bits per heavy atom. The predicted molar refractivity (Wildman–Crippen MR) is 62.8 cm³/mol. The molecule has 15 heavy (non-hydrogen) atoms. The fraction of sp³-hybridized carbons (Fsp3) is 0.417. The maximum absolute atomic E-state index is 5.89. The fourth-order valence-corrected chi connectivity index (χ4v) is 1.88. The number of hydrogen-bond acceptors (Lipinski definition) is 3. The van der Waals surface area contributed by atoms with E-state index in [1.165, 1.54) is 5.56 Å². The van der Waals surface area contributed by atoms with Crippen LogP contribution in [0.25, 0.3) is 0 Å². The number of rotatable bonds is 3. The van der Waals surface area contributed by atoms with Crippen LogP contribution in [-0.4, -0.2) is 30.0 Å². The Hall–Kier alpha value is -1.35. The molecule has 0 radical (unpaired) electrons. The van der Waals surface area contributed by atoms with Gasteiger partial charge >= 0.3 is 0 Å². The van der Waals surface area contributed by atoms with Crippen molar-refractivity contribution in [3.05, 3.63) is 35.9 Å². The molecule has 0 aromatic heterocycles. The van der Waals surface area contributed by atoms with E-state index in [1.807, 2.05) is 13.0 Å². The van der Waals surface area contributed by atoms with Crippen molar-refractivity contribution in [2.45, 2.75) is 19.5 Å². The van der Waals surface area contributed by atoms with Crippen LogP contribution in [-0.2, 0) is 6.42 Å². The maximum Gasteiger partial charge on any atom is 0.105 e. The Morgan fingerprint density at radius 1 is 1.40 bits per heavy atom. The molecular weight excluding hydrogens is 186 g/mol. The Morgan fingerprint density at radius 3 is 2.80 bits per heavy atom. The number of aliphatic imine (C=N–C) groups is 1. The van der Waals surface area contributed by atoms with Crippen molar-refractivity contribution in [2.75, 3.05) is 13.1 Å². The molecule has 2 rings (SSSR count). The summed E-state index contributed by atoms with van der Waals surface area (Å²) in [6.45, 7) is 3.84. The highest BCUT2D eigenvalue weighted by Crippen LogP contribution is 2.10. The van der Waals surface area contributed by atoms with E-state index in [4.69, 9.17) is 5.73 Å². The Kier molecular flexibility index (Phi) is 3.02. The van der Waals surface area contributed by atoms with Gasteiger partial charge in [-0.1, -0.05) is 30.3 Å². The molecule has 0 saturated heterocycles. The molecule has 3 heteroatoms. The predicted octanol–water partition coefficient (Wildman–Crippen LogP) is 1.25. The number of benzene rings is 1. The first-order chi connectivity index (χ1) is 7.27. The summed E-state index contributed by atoms with van der Waals surface area (Å²) in [7, 11) is 0. The SMILES string of the molecule is CC(N)N1CCN=C1Cc1ccccc1. The van der Waals surface area contributed by atoms with Gasteiger partial charge in [0.1, 0.15) is 5.84 Å². The third-order valence-electron chi connectivity index (χ3n) is 2.66. The summed E-state index contributed by atoms with van der Waals surface area (Å²) in [5.74, 6) is 1.12. The van der Waals surface area contributed by atoms with Crippen LogP contribution in [0.2, 0.25) is 0 Å². The Bertz CT molecular complexity index is 343. The second-order valence-corrected chi connectivity index (χ2v) is 3.89. The van der Waals surface area contributed by atoms with Gasteiger partial charge in [0.25, 0.3) is 0 Å². The molecule has 1 aliphatic heterocycles. The molecule has 0 fully saturated rings. The lowest BCUT2D eigenvalue weighted by atomic mass is 10.1. The van der Waals surface area contributed by atoms with Gasteiger partial charge in [-0.15, -0.1) is 0 Å². The number of amidine groups is 1. The van der Waals surface area contributed by atoms with Gasteiger partial charge in [0, 0.05) is 13.0 Å². The Balaban J connectivity index is 2.06. The minimum Gasteiger partial charge on any atom is -0.343 e. The van der Waals surface area contributed by atoms with Crippen LogP contribution < -0.4 is 5.73 Å². The highest BCUT2D eigenvalue weighted by atomic mass is 15.3. The molecule has 1 aromatic rings. The van der Waals surface area contributed by atoms with Crippen molar-refractivity contribution in [2.24, 2.45) is 10.7 Å². The topological polar surface area (TPSA) is 41.6 Å². The molecule has 0 saturated carbocycles. The van der Waals surface area contributed by atoms with Crippen molar-refractivity contribution in [3.63, 3.8) is 0 Å². The average molecular weight is 203 g/mol. The molecule has 80 valence electrons. The highest BCUT2D eigenvalue weighted by Gasteiger charge is 2.19. The van der Waals surface area contributed by atoms with Crippen LogP contribution in [0.1, 0.15) is 12.5 Å². The van der Waals surface area contributed by atoms with E-state index in [1.54, 1.807) is 0 Å². The van der Waals surface area contributed by atoms with Crippen LogP contribution >= 0.6 is 0 Å². The summed E-state index contributed by atoms with van der Waals surface area (Å²) >= 11 is 0. The monoisotopic (exact) mass is 203 g/mol. The average Bonchev–Trinajstić information content (AvgIpc) is 2.67. The van der Waals surface area contributed by atoms with E-state index in [9.17, 15) is 0 Å². The third kappa shape index (κ3) is 2.36. The first-order valence-corrected chi connectivity index (χ1v) is 5.37. The molecule has 0 aliphatic carbocycles. The minimum absolute atomic E-state index is 0.0648. The largest absolute Gasteiger partial charge is 0.343 e. The summed E-state index contributed by atoms with van der Waals surface area (Å²) in [6, 6.07) is 10.4. The highest BCUT2D eigenvalue weighted by molar-refractivity contribution is 5.86. The molecule has 0 amide bonds. The number of hydrogen-bond donors (Lipinski definition) is 1. The summed E-state index contributed by atoms with van der Waals surface area (Å²) in [5.41, 5.74) is 7.18. The zero-order valence-electron chi connectivity index (χ0n) is 9.06. The lowest BCUT2D eigenvalue weighted by Crippen LogP contribution is -2.42. The second-order valence-electron chi connectivity index (χ2n) is 3.89. The first kappa shape index (κ1) is 10.2. The normalized spacial score (nSPS) is 17.7. The zero-order valence-corrected chi connectivity index (χ0v) is 9.06. The smallest absolute Gasteiger partial charge is 0.105 e. The summed E-state index contributed by atoms with van der Waals surface area (Å²) in [6.07, 6.45) is 0.956. The third-order valence-corrected chi connectivity index (χ3v) is 2.66. The zero-order chi connectivity index (χ0) is 10.7. The van der Waals surface area contributed by atoms with Crippen LogP contribution in [0.4, 0.5) is 0 Å². The standard InChI is InChI=1S/C12H17N3/c1-10(13)15-8-7-14-12(15)9-11-5-3-2-4-6-11/h2-6,10H,7-9,13H2,1H3. The molecule has 3 nitrogen and oxygen atoms in total. The van der Waals surface area contributed by atoms with Gasteiger partial charge in [0.15, 0.2) is 0 Å². The minimum atomic E-state index is 0.0648. The number of nitrogens with two attached hydrogens (primary N) is 1. The van der Waals surface area contributed by atoms with Gasteiger partial charge in [-0.05, 0) is 12.5 Å². The van der Waals surface area contributed by atoms with E-state index in [0.29, 0.717) is 0 Å². The van der Waals surface area contributed by atoms with E-state index in [0.717, 1.165) is 25.3 Å². The molecule has 2 N–H and O–H groups in total. The van der Waals surface area contributed by atoms with E-state index >= 15 is 0 Å². The molecule has 1 aliphatic rings. The van der Waals surface area contributed by atoms with Gasteiger partial charge < -0.3 is 10.6 Å². The van der Waals surface area contributed by atoms with E-state index in [2.05, 4.69) is 34.2 Å². The quantitative estimate of drug-likeness (QED) is 0.803. The van der Waals surface area contributed by atoms with Crippen molar-refractivity contribution < 1.29 is 0 Å². The molecule has 0 bridgehead atoms. The Labute approximate surface area is 90.6 Å². The van der Waals surface area contributed by atoms with Crippen LogP contribution in [0.3, 0.4) is 0 Å². The molecule has 1 unspecified atom stereocenters. The van der Waals surface area contributed by atoms with E-state index < -0.39 is 0 Å². The lowest BCUT2D eigenvalue weighted by Gasteiger charge is -2.24. The van der Waals surface area contributed by atoms with Crippen molar-refractivity contribution in [1.82, 2.24) is 4.90 Å². The van der Waals surface area contributed by atoms with Gasteiger partial charge in [-0.3, -0.25) is 4.99 Å². The summed E-state index contributed by atoms with van der Waals surface area (Å²) in [5, 5.41) is 0. The summed E-state index contributed by atoms with van der Waals surface area (Å²) in [4.78, 5) is 6.67. The van der Waals surface area contributed by atoms with Gasteiger partial charge in [0.05, 0.1) is 12.7 Å². The van der Waals surface area contributed by atoms with Gasteiger partial charge in [-0.25, -0.2) is 0 Å². The van der Waals surface area contributed by atoms with Gasteiger partial charge in [-0.2, -0.15) is 0 Å². The second kappa shape index (κ2) is 4.45. The maximum atomic E-state index is 5.89. The first-order valence-electron chi connectivity index (χ1n) is 5.37. The van der Waals surface area contributed by atoms with Crippen molar-refractivity contribution in [3.8, 4) is 0 Å². The van der Waals surface area contributed by atoms with E-state index in [-0.39, 0.29) is 6.17 Å². The molecule has 1 heterocycles. The molecule has 0 spiro atoms. The molecular formula is C12H17N3. The fourth-order valence-electron chi connectivity index (χ4n) is 1.88. The van der Waals surface area contributed by atoms with Crippen LogP contribution in [0.5, 0.6) is 0 Å². The van der Waals surface area contributed by atoms with Crippen molar-refractivity contribution in [1.29, 1.82) is 0 Å². The number of nitrogens with zero attached hydrogens (tertiary/aromatic N) is 2. The molecule has 1 atom stereocenters. The lowest BCUT2D eigenvalue weighted by molar-refractivity contribution is 0.362. The van der Waals surface area contributed by atoms with Gasteiger partial charge in [0.2, 0.25) is 0 Å².